The first-order valence-corrected chi connectivity index (χ1v) is 16.1. The first-order valence-electron chi connectivity index (χ1n) is 16.1. The van der Waals surface area contributed by atoms with Crippen molar-refractivity contribution in [1.29, 1.82) is 0 Å². The van der Waals surface area contributed by atoms with E-state index in [1.54, 1.807) is 0 Å². The molecule has 0 bridgehead atoms. The Balaban J connectivity index is 1.19. The van der Waals surface area contributed by atoms with Gasteiger partial charge >= 0.3 is 0 Å². The molecule has 0 spiro atoms. The number of nitrogens with zero attached hydrogens (tertiary/aromatic N) is 4. The topological polar surface area (TPSA) is 43.2 Å². The Bertz CT molecular complexity index is 2640. The third-order valence-electron chi connectivity index (χ3n) is 10.1. The first-order chi connectivity index (χ1) is 23.3. The molecule has 2 aliphatic heterocycles. The van der Waals surface area contributed by atoms with Crippen molar-refractivity contribution in [1.82, 2.24) is 14.5 Å². The van der Waals surface area contributed by atoms with Crippen molar-refractivity contribution < 1.29 is 4.74 Å². The van der Waals surface area contributed by atoms with E-state index in [1.165, 1.54) is 38.5 Å². The average Bonchev–Trinajstić information content (AvgIpc) is 3.65. The lowest BCUT2D eigenvalue weighted by molar-refractivity contribution is 0.486. The van der Waals surface area contributed by atoms with E-state index < -0.39 is 0 Å². The zero-order valence-corrected chi connectivity index (χ0v) is 25.2. The molecule has 220 valence electrons. The quantitative estimate of drug-likeness (QED) is 0.197. The van der Waals surface area contributed by atoms with Gasteiger partial charge in [-0.25, -0.2) is 9.97 Å². The Morgan fingerprint density at radius 1 is 0.638 bits per heavy atom. The highest BCUT2D eigenvalue weighted by Gasteiger charge is 2.45. The Morgan fingerprint density at radius 3 is 2.40 bits per heavy atom. The number of para-hydroxylation sites is 3. The Labute approximate surface area is 270 Å². The normalized spacial score (nSPS) is 17.0. The molecule has 0 saturated carbocycles. The molecule has 47 heavy (non-hydrogen) atoms. The zero-order valence-electron chi connectivity index (χ0n) is 25.2. The minimum Gasteiger partial charge on any atom is -0.456 e. The molecule has 5 nitrogen and oxygen atoms in total. The van der Waals surface area contributed by atoms with Crippen LogP contribution in [-0.4, -0.2) is 20.6 Å². The van der Waals surface area contributed by atoms with Crippen molar-refractivity contribution >= 4 is 50.3 Å². The Morgan fingerprint density at radius 2 is 1.45 bits per heavy atom. The van der Waals surface area contributed by atoms with Crippen molar-refractivity contribution in [3.05, 3.63) is 156 Å². The minimum absolute atomic E-state index is 0.0131. The number of aromatic nitrogens is 3. The molecule has 0 radical (unpaired) electrons. The van der Waals surface area contributed by atoms with Crippen molar-refractivity contribution in [2.24, 2.45) is 0 Å². The summed E-state index contributed by atoms with van der Waals surface area (Å²) >= 11 is 0. The van der Waals surface area contributed by atoms with Crippen molar-refractivity contribution in [3.63, 3.8) is 0 Å². The number of ether oxygens (including phenoxy) is 1. The number of benzene rings is 6. The van der Waals surface area contributed by atoms with Gasteiger partial charge in [-0.2, -0.15) is 0 Å². The summed E-state index contributed by atoms with van der Waals surface area (Å²) in [5.41, 5.74) is 10.2. The van der Waals surface area contributed by atoms with E-state index in [4.69, 9.17) is 14.7 Å². The van der Waals surface area contributed by atoms with Crippen LogP contribution in [0.15, 0.2) is 140 Å². The molecule has 0 fully saturated rings. The van der Waals surface area contributed by atoms with Crippen LogP contribution in [0.5, 0.6) is 11.5 Å². The summed E-state index contributed by atoms with van der Waals surface area (Å²) in [6.07, 6.45) is 4.71. The highest BCUT2D eigenvalue weighted by molar-refractivity contribution is 6.12. The number of fused-ring (bicyclic) bond motifs is 11. The number of rotatable bonds is 2. The zero-order chi connectivity index (χ0) is 30.6. The molecule has 0 saturated heterocycles. The van der Waals surface area contributed by atoms with Crippen molar-refractivity contribution in [2.75, 3.05) is 4.90 Å². The van der Waals surface area contributed by atoms with Crippen LogP contribution in [0.25, 0.3) is 55.6 Å². The monoisotopic (exact) mass is 602 g/mol. The van der Waals surface area contributed by atoms with Gasteiger partial charge in [0.05, 0.1) is 34.1 Å². The van der Waals surface area contributed by atoms with Crippen LogP contribution in [0.1, 0.15) is 22.7 Å². The molecular formula is C42H26N4O. The van der Waals surface area contributed by atoms with Crippen LogP contribution < -0.4 is 9.64 Å². The number of hydrogen-bond acceptors (Lipinski definition) is 4. The highest BCUT2D eigenvalue weighted by Crippen LogP contribution is 2.54. The van der Waals surface area contributed by atoms with E-state index in [9.17, 15) is 0 Å². The molecule has 11 rings (SSSR count). The molecule has 2 unspecified atom stereocenters. The van der Waals surface area contributed by atoms with E-state index in [2.05, 4.69) is 125 Å². The molecule has 2 atom stereocenters. The van der Waals surface area contributed by atoms with Crippen molar-refractivity contribution in [2.45, 2.75) is 12.0 Å². The summed E-state index contributed by atoms with van der Waals surface area (Å²) in [7, 11) is 0. The summed E-state index contributed by atoms with van der Waals surface area (Å²) in [5, 5.41) is 4.77. The molecule has 0 N–H and O–H groups in total. The second-order valence-corrected chi connectivity index (χ2v) is 12.5. The van der Waals surface area contributed by atoms with E-state index in [1.807, 2.05) is 30.3 Å². The smallest absolute Gasteiger partial charge is 0.231 e. The lowest BCUT2D eigenvalue weighted by atomic mass is 9.84. The SMILES string of the molecule is C1=CC2C(c3ccccc3N2c2nc3c4c(cccc4n2)Oc2ccccc2-3)c2c1c1c3ccccc3ccc1n2-c1ccccc1. The van der Waals surface area contributed by atoms with E-state index in [0.717, 1.165) is 45.0 Å². The summed E-state index contributed by atoms with van der Waals surface area (Å²) in [6.45, 7) is 0. The largest absolute Gasteiger partial charge is 0.456 e. The lowest BCUT2D eigenvalue weighted by Crippen LogP contribution is -2.32. The van der Waals surface area contributed by atoms with Gasteiger partial charge in [0, 0.05) is 33.6 Å². The second-order valence-electron chi connectivity index (χ2n) is 12.5. The molecule has 6 aromatic carbocycles. The maximum absolute atomic E-state index is 6.30. The number of hydrogen-bond donors (Lipinski definition) is 0. The molecule has 4 heterocycles. The third-order valence-corrected chi connectivity index (χ3v) is 10.1. The molecule has 2 aromatic heterocycles. The first kappa shape index (κ1) is 25.0. The van der Waals surface area contributed by atoms with Gasteiger partial charge < -0.3 is 14.2 Å². The van der Waals surface area contributed by atoms with Gasteiger partial charge in [0.2, 0.25) is 5.95 Å². The fraction of sp³-hybridized carbons (Fsp3) is 0.0476. The lowest BCUT2D eigenvalue weighted by Gasteiger charge is -2.31. The van der Waals surface area contributed by atoms with E-state index in [-0.39, 0.29) is 12.0 Å². The Hall–Kier alpha value is -6.20. The minimum atomic E-state index is -0.0131. The molecule has 1 aliphatic carbocycles. The fourth-order valence-electron chi connectivity index (χ4n) is 8.24. The summed E-state index contributed by atoms with van der Waals surface area (Å²) in [6, 6.07) is 47.1. The summed E-state index contributed by atoms with van der Waals surface area (Å²) in [4.78, 5) is 12.9. The standard InChI is InChI=1S/C42H26N4O/c1-2-12-26(13-3-1)45-33-23-21-25-11-4-5-14-27(25)37(33)30-22-24-34-38(41(30)45)28-15-6-8-18-32(28)46(34)42-43-31-17-10-20-36-39(31)40(44-42)29-16-7-9-19-35(29)47-36/h1-24,34,38H. The van der Waals surface area contributed by atoms with Crippen LogP contribution in [-0.2, 0) is 0 Å². The van der Waals surface area contributed by atoms with Gasteiger partial charge in [-0.3, -0.25) is 0 Å². The van der Waals surface area contributed by atoms with Crippen LogP contribution in [0, 0.1) is 0 Å². The highest BCUT2D eigenvalue weighted by atomic mass is 16.5. The van der Waals surface area contributed by atoms with Gasteiger partial charge in [-0.05, 0) is 64.9 Å². The average molecular weight is 603 g/mol. The van der Waals surface area contributed by atoms with Crippen LogP contribution in [0.4, 0.5) is 11.6 Å². The second kappa shape index (κ2) is 9.18. The van der Waals surface area contributed by atoms with Gasteiger partial charge in [0.15, 0.2) is 0 Å². The summed E-state index contributed by atoms with van der Waals surface area (Å²) in [5.74, 6) is 2.38. The third kappa shape index (κ3) is 3.32. The van der Waals surface area contributed by atoms with Gasteiger partial charge in [-0.15, -0.1) is 0 Å². The Kier molecular flexibility index (Phi) is 4.89. The van der Waals surface area contributed by atoms with Gasteiger partial charge in [0.1, 0.15) is 11.5 Å². The van der Waals surface area contributed by atoms with Crippen molar-refractivity contribution in [3.8, 4) is 28.4 Å². The van der Waals surface area contributed by atoms with Crippen LogP contribution >= 0.6 is 0 Å². The maximum Gasteiger partial charge on any atom is 0.231 e. The molecule has 5 heteroatoms. The molecule has 3 aliphatic rings. The predicted molar refractivity (Wildman–Crippen MR) is 189 cm³/mol. The molecule has 0 amide bonds. The van der Waals surface area contributed by atoms with Gasteiger partial charge in [0.25, 0.3) is 0 Å². The molecular weight excluding hydrogens is 576 g/mol. The van der Waals surface area contributed by atoms with E-state index in [0.29, 0.717) is 5.95 Å². The van der Waals surface area contributed by atoms with Crippen LogP contribution in [0.3, 0.4) is 0 Å². The molecule has 8 aromatic rings. The summed E-state index contributed by atoms with van der Waals surface area (Å²) < 4.78 is 8.79. The number of anilines is 2. The fourth-order valence-corrected chi connectivity index (χ4v) is 8.24. The van der Waals surface area contributed by atoms with Gasteiger partial charge in [-0.1, -0.05) is 97.1 Å². The van der Waals surface area contributed by atoms with Crippen LogP contribution in [0.2, 0.25) is 0 Å². The maximum atomic E-state index is 6.30. The predicted octanol–water partition coefficient (Wildman–Crippen LogP) is 10.2. The van der Waals surface area contributed by atoms with E-state index >= 15 is 0 Å².